The van der Waals surface area contributed by atoms with E-state index in [0.29, 0.717) is 33.3 Å². The van der Waals surface area contributed by atoms with E-state index < -0.39 is 24.5 Å². The molecule has 2 aromatic rings. The minimum atomic E-state index is -0.725. The second kappa shape index (κ2) is 9.91. The van der Waals surface area contributed by atoms with Gasteiger partial charge in [-0.25, -0.2) is 9.59 Å². The Balaban J connectivity index is 1.74. The SMILES string of the molecule is CC(=O)c1c(C)[nH]c(C(=O)OCC(=O)Nc2sc3c(c2C(=O)OC(C)C)CC[C@@H](C)C3)c1C. The van der Waals surface area contributed by atoms with Gasteiger partial charge in [-0.05, 0) is 70.9 Å². The minimum Gasteiger partial charge on any atom is -0.459 e. The van der Waals surface area contributed by atoms with Gasteiger partial charge in [0.05, 0.1) is 11.7 Å². The molecule has 0 aliphatic heterocycles. The van der Waals surface area contributed by atoms with Gasteiger partial charge in [0.25, 0.3) is 5.91 Å². The molecule has 0 bridgehead atoms. The molecule has 178 valence electrons. The summed E-state index contributed by atoms with van der Waals surface area (Å²) in [5.74, 6) is -1.39. The number of aromatic amines is 1. The van der Waals surface area contributed by atoms with Crippen molar-refractivity contribution in [3.05, 3.63) is 38.5 Å². The van der Waals surface area contributed by atoms with E-state index in [1.807, 2.05) is 0 Å². The molecule has 0 aromatic carbocycles. The van der Waals surface area contributed by atoms with Crippen LogP contribution in [0.5, 0.6) is 0 Å². The Labute approximate surface area is 197 Å². The van der Waals surface area contributed by atoms with E-state index in [1.54, 1.807) is 27.7 Å². The first-order chi connectivity index (χ1) is 15.5. The standard InChI is InChI=1S/C24H30N2O6S/c1-11(2)32-23(29)20-16-8-7-12(3)9-17(16)33-22(20)26-18(28)10-31-24(30)21-13(4)19(15(6)27)14(5)25-21/h11-12,25H,7-10H2,1-6H3,(H,26,28)/t12-/m1/s1. The van der Waals surface area contributed by atoms with Crippen LogP contribution >= 0.6 is 11.3 Å². The fourth-order valence-corrected chi connectivity index (χ4v) is 5.59. The van der Waals surface area contributed by atoms with E-state index >= 15 is 0 Å². The molecule has 9 heteroatoms. The van der Waals surface area contributed by atoms with Crippen molar-refractivity contribution in [3.63, 3.8) is 0 Å². The number of nitrogens with one attached hydrogen (secondary N) is 2. The van der Waals surface area contributed by atoms with Crippen molar-refractivity contribution < 1.29 is 28.7 Å². The maximum atomic E-state index is 12.8. The molecule has 3 rings (SSSR count). The van der Waals surface area contributed by atoms with Crippen molar-refractivity contribution in [2.24, 2.45) is 5.92 Å². The third kappa shape index (κ3) is 5.35. The Kier molecular flexibility index (Phi) is 7.41. The molecule has 8 nitrogen and oxygen atoms in total. The summed E-state index contributed by atoms with van der Waals surface area (Å²) in [5, 5.41) is 3.15. The van der Waals surface area contributed by atoms with E-state index in [4.69, 9.17) is 9.47 Å². The van der Waals surface area contributed by atoms with Gasteiger partial charge in [-0.2, -0.15) is 0 Å². The topological polar surface area (TPSA) is 115 Å². The third-order valence-corrected chi connectivity index (χ3v) is 6.81. The molecule has 0 spiro atoms. The van der Waals surface area contributed by atoms with Gasteiger partial charge < -0.3 is 19.8 Å². The number of carbonyl (C=O) groups excluding carboxylic acids is 4. The van der Waals surface area contributed by atoms with Gasteiger partial charge >= 0.3 is 11.9 Å². The van der Waals surface area contributed by atoms with Gasteiger partial charge in [0.1, 0.15) is 10.7 Å². The number of esters is 2. The zero-order valence-electron chi connectivity index (χ0n) is 19.8. The lowest BCUT2D eigenvalue weighted by Gasteiger charge is -2.18. The molecular formula is C24H30N2O6S. The molecular weight excluding hydrogens is 444 g/mol. The van der Waals surface area contributed by atoms with Gasteiger partial charge in [0.2, 0.25) is 0 Å². The van der Waals surface area contributed by atoms with Gasteiger partial charge in [-0.15, -0.1) is 11.3 Å². The van der Waals surface area contributed by atoms with Crippen LogP contribution < -0.4 is 5.32 Å². The van der Waals surface area contributed by atoms with Crippen molar-refractivity contribution in [2.45, 2.75) is 66.9 Å². The van der Waals surface area contributed by atoms with Crippen molar-refractivity contribution in [3.8, 4) is 0 Å². The highest BCUT2D eigenvalue weighted by Gasteiger charge is 2.30. The summed E-state index contributed by atoms with van der Waals surface area (Å²) in [6, 6.07) is 0. The Morgan fingerprint density at radius 2 is 1.85 bits per heavy atom. The number of ketones is 1. The highest BCUT2D eigenvalue weighted by atomic mass is 32.1. The minimum absolute atomic E-state index is 0.146. The number of thiophene rings is 1. The van der Waals surface area contributed by atoms with Gasteiger partial charge in [-0.3, -0.25) is 9.59 Å². The number of anilines is 1. The van der Waals surface area contributed by atoms with Crippen LogP contribution in [0.1, 0.15) is 87.0 Å². The number of aromatic nitrogens is 1. The summed E-state index contributed by atoms with van der Waals surface area (Å²) in [5.41, 5.74) is 2.99. The number of amides is 1. The first-order valence-corrected chi connectivity index (χ1v) is 11.8. The van der Waals surface area contributed by atoms with Crippen LogP contribution in [0.25, 0.3) is 0 Å². The molecule has 1 atom stereocenters. The molecule has 2 aromatic heterocycles. The molecule has 1 amide bonds. The maximum Gasteiger partial charge on any atom is 0.355 e. The van der Waals surface area contributed by atoms with Gasteiger partial charge in [0, 0.05) is 16.1 Å². The number of ether oxygens (including phenoxy) is 2. The number of Topliss-reactive ketones (excluding diaryl/α,β-unsaturated/α-hetero) is 1. The van der Waals surface area contributed by atoms with E-state index in [0.717, 1.165) is 29.7 Å². The lowest BCUT2D eigenvalue weighted by atomic mass is 9.88. The van der Waals surface area contributed by atoms with Gasteiger partial charge in [0.15, 0.2) is 12.4 Å². The zero-order valence-corrected chi connectivity index (χ0v) is 20.7. The fraction of sp³-hybridized carbons (Fsp3) is 0.500. The first kappa shape index (κ1) is 24.7. The van der Waals surface area contributed by atoms with Crippen molar-refractivity contribution >= 4 is 40.0 Å². The monoisotopic (exact) mass is 474 g/mol. The van der Waals surface area contributed by atoms with Crippen molar-refractivity contribution in [1.29, 1.82) is 0 Å². The molecule has 2 N–H and O–H groups in total. The highest BCUT2D eigenvalue weighted by molar-refractivity contribution is 7.17. The van der Waals surface area contributed by atoms with Crippen LogP contribution in [-0.2, 0) is 27.1 Å². The molecule has 0 saturated heterocycles. The number of fused-ring (bicyclic) bond motifs is 1. The average Bonchev–Trinajstić information content (AvgIpc) is 3.21. The van der Waals surface area contributed by atoms with E-state index in [1.165, 1.54) is 18.3 Å². The van der Waals surface area contributed by atoms with Gasteiger partial charge in [-0.1, -0.05) is 6.92 Å². The number of carbonyl (C=O) groups is 4. The second-order valence-electron chi connectivity index (χ2n) is 8.82. The van der Waals surface area contributed by atoms with E-state index in [-0.39, 0.29) is 17.6 Å². The lowest BCUT2D eigenvalue weighted by Crippen LogP contribution is -2.23. The van der Waals surface area contributed by atoms with Crippen LogP contribution in [0, 0.1) is 19.8 Å². The first-order valence-electron chi connectivity index (χ1n) is 11.0. The molecule has 2 heterocycles. The molecule has 1 aliphatic rings. The summed E-state index contributed by atoms with van der Waals surface area (Å²) < 4.78 is 10.6. The fourth-order valence-electron chi connectivity index (χ4n) is 4.18. The summed E-state index contributed by atoms with van der Waals surface area (Å²) in [6.45, 7) is 9.97. The second-order valence-corrected chi connectivity index (χ2v) is 9.92. The summed E-state index contributed by atoms with van der Waals surface area (Å²) in [4.78, 5) is 53.6. The Morgan fingerprint density at radius 3 is 2.45 bits per heavy atom. The summed E-state index contributed by atoms with van der Waals surface area (Å²) in [7, 11) is 0. The quantitative estimate of drug-likeness (QED) is 0.455. The van der Waals surface area contributed by atoms with Crippen molar-refractivity contribution in [1.82, 2.24) is 4.98 Å². The Hall–Kier alpha value is -2.94. The number of hydrogen-bond donors (Lipinski definition) is 2. The predicted molar refractivity (Wildman–Crippen MR) is 125 cm³/mol. The maximum absolute atomic E-state index is 12.8. The molecule has 0 unspecified atom stereocenters. The number of rotatable bonds is 7. The Morgan fingerprint density at radius 1 is 1.15 bits per heavy atom. The highest BCUT2D eigenvalue weighted by Crippen LogP contribution is 2.40. The van der Waals surface area contributed by atoms with E-state index in [9.17, 15) is 19.2 Å². The molecule has 0 radical (unpaired) electrons. The van der Waals surface area contributed by atoms with Crippen LogP contribution in [0.15, 0.2) is 0 Å². The smallest absolute Gasteiger partial charge is 0.355 e. The molecule has 0 fully saturated rings. The third-order valence-electron chi connectivity index (χ3n) is 5.64. The number of H-pyrrole nitrogens is 1. The number of hydrogen-bond acceptors (Lipinski definition) is 7. The normalized spacial score (nSPS) is 15.2. The summed E-state index contributed by atoms with van der Waals surface area (Å²) in [6.07, 6.45) is 2.28. The molecule has 1 aliphatic carbocycles. The average molecular weight is 475 g/mol. The number of aryl methyl sites for hydroxylation is 1. The van der Waals surface area contributed by atoms with E-state index in [2.05, 4.69) is 17.2 Å². The summed E-state index contributed by atoms with van der Waals surface area (Å²) >= 11 is 1.37. The van der Waals surface area contributed by atoms with Crippen LogP contribution in [0.3, 0.4) is 0 Å². The predicted octanol–water partition coefficient (Wildman–Crippen LogP) is 4.38. The molecule has 33 heavy (non-hydrogen) atoms. The lowest BCUT2D eigenvalue weighted by molar-refractivity contribution is -0.119. The van der Waals surface area contributed by atoms with Crippen molar-refractivity contribution in [2.75, 3.05) is 11.9 Å². The Bertz CT molecular complexity index is 1110. The van der Waals surface area contributed by atoms with Crippen LogP contribution in [0.4, 0.5) is 5.00 Å². The van der Waals surface area contributed by atoms with Crippen LogP contribution in [0.2, 0.25) is 0 Å². The molecule has 0 saturated carbocycles. The largest absolute Gasteiger partial charge is 0.459 e. The zero-order chi connectivity index (χ0) is 24.4. The van der Waals surface area contributed by atoms with Crippen LogP contribution in [-0.4, -0.2) is 41.3 Å².